The van der Waals surface area contributed by atoms with E-state index in [1.165, 1.54) is 0 Å². The van der Waals surface area contributed by atoms with Crippen molar-refractivity contribution in [3.05, 3.63) is 23.8 Å². The molecule has 1 saturated heterocycles. The van der Waals surface area contributed by atoms with Crippen LogP contribution in [0.15, 0.2) is 18.2 Å². The lowest BCUT2D eigenvalue weighted by atomic mass is 10.1. The van der Waals surface area contributed by atoms with Gasteiger partial charge in [-0.25, -0.2) is 0 Å². The highest BCUT2D eigenvalue weighted by Crippen LogP contribution is 2.21. The molecule has 3 N–H and O–H groups in total. The number of anilines is 2. The Morgan fingerprint density at radius 1 is 1.50 bits per heavy atom. The summed E-state index contributed by atoms with van der Waals surface area (Å²) in [7, 11) is 3.82. The standard InChI is InChI=1S/C15H23N3O2/c1-18(2)14-6-5-11(16)10-13(14)15(19)17-8-7-12-4-3-9-20-12/h5-6,10,12H,3-4,7-9,16H2,1-2H3,(H,17,19). The van der Waals surface area contributed by atoms with Crippen LogP contribution in [-0.4, -0.2) is 39.3 Å². The fraction of sp³-hybridized carbons (Fsp3) is 0.533. The minimum atomic E-state index is -0.0843. The maximum Gasteiger partial charge on any atom is 0.253 e. The van der Waals surface area contributed by atoms with Crippen molar-refractivity contribution in [2.75, 3.05) is 37.9 Å². The van der Waals surface area contributed by atoms with Crippen LogP contribution < -0.4 is 16.0 Å². The van der Waals surface area contributed by atoms with Gasteiger partial charge in [-0.05, 0) is 37.5 Å². The van der Waals surface area contributed by atoms with Crippen LogP contribution >= 0.6 is 0 Å². The molecule has 0 bridgehead atoms. The number of nitrogen functional groups attached to an aromatic ring is 1. The lowest BCUT2D eigenvalue weighted by molar-refractivity contribution is 0.0907. The summed E-state index contributed by atoms with van der Waals surface area (Å²) >= 11 is 0. The molecule has 5 nitrogen and oxygen atoms in total. The van der Waals surface area contributed by atoms with Crippen molar-refractivity contribution >= 4 is 17.3 Å². The number of amides is 1. The maximum absolute atomic E-state index is 12.3. The Labute approximate surface area is 120 Å². The molecule has 1 aliphatic rings. The van der Waals surface area contributed by atoms with Gasteiger partial charge in [-0.3, -0.25) is 4.79 Å². The zero-order valence-electron chi connectivity index (χ0n) is 12.2. The van der Waals surface area contributed by atoms with Gasteiger partial charge in [0.2, 0.25) is 0 Å². The minimum absolute atomic E-state index is 0.0843. The second kappa shape index (κ2) is 6.61. The number of nitrogens with two attached hydrogens (primary N) is 1. The highest BCUT2D eigenvalue weighted by atomic mass is 16.5. The van der Waals surface area contributed by atoms with E-state index in [-0.39, 0.29) is 5.91 Å². The van der Waals surface area contributed by atoms with Gasteiger partial charge in [0.05, 0.1) is 11.7 Å². The van der Waals surface area contributed by atoms with Crippen LogP contribution in [0.4, 0.5) is 11.4 Å². The van der Waals surface area contributed by atoms with Crippen LogP contribution in [0, 0.1) is 0 Å². The fourth-order valence-electron chi connectivity index (χ4n) is 2.44. The first-order valence-corrected chi connectivity index (χ1v) is 7.04. The summed E-state index contributed by atoms with van der Waals surface area (Å²) < 4.78 is 5.54. The molecule has 0 saturated carbocycles. The highest BCUT2D eigenvalue weighted by molar-refractivity contribution is 6.00. The molecular weight excluding hydrogens is 254 g/mol. The van der Waals surface area contributed by atoms with Gasteiger partial charge in [0.1, 0.15) is 0 Å². The number of carbonyl (C=O) groups is 1. The van der Waals surface area contributed by atoms with Crippen molar-refractivity contribution < 1.29 is 9.53 Å². The van der Waals surface area contributed by atoms with Gasteiger partial charge < -0.3 is 20.7 Å². The number of ether oxygens (including phenoxy) is 1. The summed E-state index contributed by atoms with van der Waals surface area (Å²) in [5.74, 6) is -0.0843. The van der Waals surface area contributed by atoms with Gasteiger partial charge in [-0.1, -0.05) is 0 Å². The molecule has 1 fully saturated rings. The van der Waals surface area contributed by atoms with Crippen molar-refractivity contribution in [2.45, 2.75) is 25.4 Å². The van der Waals surface area contributed by atoms with Crippen LogP contribution in [0.3, 0.4) is 0 Å². The fourth-order valence-corrected chi connectivity index (χ4v) is 2.44. The van der Waals surface area contributed by atoms with Crippen LogP contribution in [0.1, 0.15) is 29.6 Å². The van der Waals surface area contributed by atoms with E-state index in [0.29, 0.717) is 23.9 Å². The molecule has 2 rings (SSSR count). The topological polar surface area (TPSA) is 67.6 Å². The Balaban J connectivity index is 1.95. The normalized spacial score (nSPS) is 18.0. The molecule has 1 aromatic carbocycles. The zero-order valence-corrected chi connectivity index (χ0v) is 12.2. The van der Waals surface area contributed by atoms with Crippen molar-refractivity contribution in [1.82, 2.24) is 5.32 Å². The summed E-state index contributed by atoms with van der Waals surface area (Å²) in [6.07, 6.45) is 3.38. The summed E-state index contributed by atoms with van der Waals surface area (Å²) in [6, 6.07) is 5.39. The Morgan fingerprint density at radius 3 is 2.95 bits per heavy atom. The van der Waals surface area contributed by atoms with Gasteiger partial charge in [0, 0.05) is 38.6 Å². The average Bonchev–Trinajstić information content (AvgIpc) is 2.91. The number of hydrogen-bond donors (Lipinski definition) is 2. The molecule has 1 aromatic rings. The van der Waals surface area contributed by atoms with E-state index in [4.69, 9.17) is 10.5 Å². The zero-order chi connectivity index (χ0) is 14.5. The molecule has 1 unspecified atom stereocenters. The molecule has 1 heterocycles. The predicted molar refractivity (Wildman–Crippen MR) is 81.1 cm³/mol. The van der Waals surface area contributed by atoms with Crippen molar-refractivity contribution in [3.63, 3.8) is 0 Å². The molecular formula is C15H23N3O2. The molecule has 20 heavy (non-hydrogen) atoms. The van der Waals surface area contributed by atoms with Gasteiger partial charge in [0.15, 0.2) is 0 Å². The van der Waals surface area contributed by atoms with Gasteiger partial charge in [-0.2, -0.15) is 0 Å². The van der Waals surface area contributed by atoms with Gasteiger partial charge >= 0.3 is 0 Å². The summed E-state index contributed by atoms with van der Waals surface area (Å²) in [6.45, 7) is 1.48. The molecule has 0 radical (unpaired) electrons. The van der Waals surface area contributed by atoms with Crippen molar-refractivity contribution in [2.24, 2.45) is 0 Å². The Morgan fingerprint density at radius 2 is 2.30 bits per heavy atom. The molecule has 0 aromatic heterocycles. The second-order valence-corrected chi connectivity index (χ2v) is 5.35. The highest BCUT2D eigenvalue weighted by Gasteiger charge is 2.17. The summed E-state index contributed by atoms with van der Waals surface area (Å²) in [5.41, 5.74) is 7.85. The quantitative estimate of drug-likeness (QED) is 0.803. The Kier molecular flexibility index (Phi) is 4.84. The number of nitrogens with zero attached hydrogens (tertiary/aromatic N) is 1. The number of rotatable bonds is 5. The smallest absolute Gasteiger partial charge is 0.253 e. The minimum Gasteiger partial charge on any atom is -0.399 e. The number of hydrogen-bond acceptors (Lipinski definition) is 4. The van der Waals surface area contributed by atoms with E-state index in [0.717, 1.165) is 31.6 Å². The molecule has 110 valence electrons. The van der Waals surface area contributed by atoms with Crippen molar-refractivity contribution in [1.29, 1.82) is 0 Å². The van der Waals surface area contributed by atoms with Crippen molar-refractivity contribution in [3.8, 4) is 0 Å². The Bertz CT molecular complexity index is 468. The molecule has 0 spiro atoms. The third-order valence-corrected chi connectivity index (χ3v) is 3.52. The lowest BCUT2D eigenvalue weighted by Gasteiger charge is -2.18. The van der Waals surface area contributed by atoms with Gasteiger partial charge in [-0.15, -0.1) is 0 Å². The molecule has 1 atom stereocenters. The average molecular weight is 277 g/mol. The van der Waals surface area contributed by atoms with Crippen LogP contribution in [0.5, 0.6) is 0 Å². The van der Waals surface area contributed by atoms with E-state index in [1.54, 1.807) is 12.1 Å². The van der Waals surface area contributed by atoms with E-state index >= 15 is 0 Å². The van der Waals surface area contributed by atoms with Crippen LogP contribution in [0.2, 0.25) is 0 Å². The lowest BCUT2D eigenvalue weighted by Crippen LogP contribution is -2.28. The Hall–Kier alpha value is -1.75. The van der Waals surface area contributed by atoms with Gasteiger partial charge in [0.25, 0.3) is 5.91 Å². The van der Waals surface area contributed by atoms with Crippen LogP contribution in [0.25, 0.3) is 0 Å². The number of carbonyl (C=O) groups excluding carboxylic acids is 1. The molecule has 1 amide bonds. The first-order chi connectivity index (χ1) is 9.58. The first kappa shape index (κ1) is 14.7. The monoisotopic (exact) mass is 277 g/mol. The third-order valence-electron chi connectivity index (χ3n) is 3.52. The first-order valence-electron chi connectivity index (χ1n) is 7.04. The summed E-state index contributed by atoms with van der Waals surface area (Å²) in [5, 5.41) is 2.95. The molecule has 0 aliphatic carbocycles. The second-order valence-electron chi connectivity index (χ2n) is 5.35. The molecule has 5 heteroatoms. The van der Waals surface area contributed by atoms with E-state index in [2.05, 4.69) is 5.32 Å². The van der Waals surface area contributed by atoms with E-state index in [9.17, 15) is 4.79 Å². The third kappa shape index (κ3) is 3.63. The maximum atomic E-state index is 12.3. The summed E-state index contributed by atoms with van der Waals surface area (Å²) in [4.78, 5) is 14.2. The number of benzene rings is 1. The largest absolute Gasteiger partial charge is 0.399 e. The van der Waals surface area contributed by atoms with E-state index < -0.39 is 0 Å². The van der Waals surface area contributed by atoms with Crippen LogP contribution in [-0.2, 0) is 4.74 Å². The molecule has 1 aliphatic heterocycles. The number of nitrogens with one attached hydrogen (secondary N) is 1. The SMILES string of the molecule is CN(C)c1ccc(N)cc1C(=O)NCCC1CCCO1. The predicted octanol–water partition coefficient (Wildman–Crippen LogP) is 1.63. The van der Waals surface area contributed by atoms with E-state index in [1.807, 2.05) is 25.1 Å².